The SMILES string of the molecule is CN(c1ccccc1)c1ccccc1N=C=O. The van der Waals surface area contributed by atoms with Gasteiger partial charge in [-0.2, -0.15) is 4.99 Å². The fraction of sp³-hybridized carbons (Fsp3) is 0.0714. The Morgan fingerprint density at radius 1 is 1.00 bits per heavy atom. The summed E-state index contributed by atoms with van der Waals surface area (Å²) in [6.07, 6.45) is 1.58. The van der Waals surface area contributed by atoms with Gasteiger partial charge >= 0.3 is 0 Å². The molecule has 2 aromatic rings. The number of para-hydroxylation sites is 3. The zero-order valence-corrected chi connectivity index (χ0v) is 9.50. The molecule has 84 valence electrons. The molecule has 0 radical (unpaired) electrons. The highest BCUT2D eigenvalue weighted by Gasteiger charge is 2.07. The average molecular weight is 224 g/mol. The third-order valence-electron chi connectivity index (χ3n) is 2.55. The zero-order chi connectivity index (χ0) is 12.1. The maximum atomic E-state index is 10.4. The van der Waals surface area contributed by atoms with Crippen molar-refractivity contribution in [2.75, 3.05) is 11.9 Å². The van der Waals surface area contributed by atoms with Crippen molar-refractivity contribution in [3.63, 3.8) is 0 Å². The topological polar surface area (TPSA) is 32.7 Å². The van der Waals surface area contributed by atoms with Gasteiger partial charge in [-0.1, -0.05) is 30.3 Å². The van der Waals surface area contributed by atoms with Crippen LogP contribution in [0.1, 0.15) is 0 Å². The summed E-state index contributed by atoms with van der Waals surface area (Å²) in [5, 5.41) is 0. The molecule has 0 amide bonds. The molecule has 0 aliphatic rings. The van der Waals surface area contributed by atoms with E-state index in [1.165, 1.54) is 0 Å². The van der Waals surface area contributed by atoms with Crippen molar-refractivity contribution in [1.82, 2.24) is 0 Å². The van der Waals surface area contributed by atoms with Gasteiger partial charge in [-0.3, -0.25) is 0 Å². The number of rotatable bonds is 3. The lowest BCUT2D eigenvalue weighted by Gasteiger charge is -2.20. The Labute approximate surface area is 100 Å². The van der Waals surface area contributed by atoms with Crippen LogP contribution in [0.4, 0.5) is 17.1 Å². The average Bonchev–Trinajstić information content (AvgIpc) is 2.40. The van der Waals surface area contributed by atoms with E-state index in [0.717, 1.165) is 11.4 Å². The van der Waals surface area contributed by atoms with Crippen LogP contribution in [0.3, 0.4) is 0 Å². The van der Waals surface area contributed by atoms with Gasteiger partial charge in [0.2, 0.25) is 6.08 Å². The van der Waals surface area contributed by atoms with E-state index in [9.17, 15) is 4.79 Å². The maximum Gasteiger partial charge on any atom is 0.240 e. The van der Waals surface area contributed by atoms with E-state index in [2.05, 4.69) is 4.99 Å². The molecule has 0 bridgehead atoms. The molecular weight excluding hydrogens is 212 g/mol. The molecule has 0 aliphatic heterocycles. The van der Waals surface area contributed by atoms with Crippen molar-refractivity contribution in [3.8, 4) is 0 Å². The Kier molecular flexibility index (Phi) is 3.34. The Morgan fingerprint density at radius 2 is 1.65 bits per heavy atom. The summed E-state index contributed by atoms with van der Waals surface area (Å²) < 4.78 is 0. The lowest BCUT2D eigenvalue weighted by atomic mass is 10.2. The maximum absolute atomic E-state index is 10.4. The summed E-state index contributed by atoms with van der Waals surface area (Å²) in [7, 11) is 1.94. The second kappa shape index (κ2) is 5.10. The summed E-state index contributed by atoms with van der Waals surface area (Å²) >= 11 is 0. The van der Waals surface area contributed by atoms with Crippen molar-refractivity contribution in [2.24, 2.45) is 4.99 Å². The third-order valence-corrected chi connectivity index (χ3v) is 2.55. The minimum absolute atomic E-state index is 0.619. The number of hydrogen-bond acceptors (Lipinski definition) is 3. The number of nitrogens with zero attached hydrogens (tertiary/aromatic N) is 2. The monoisotopic (exact) mass is 224 g/mol. The Hall–Kier alpha value is -2.38. The van der Waals surface area contributed by atoms with Crippen molar-refractivity contribution in [3.05, 3.63) is 54.6 Å². The zero-order valence-electron chi connectivity index (χ0n) is 9.50. The van der Waals surface area contributed by atoms with Crippen molar-refractivity contribution in [2.45, 2.75) is 0 Å². The minimum Gasteiger partial charge on any atom is -0.343 e. The standard InChI is InChI=1S/C14H12N2O/c1-16(12-7-3-2-4-8-12)14-10-6-5-9-13(14)15-11-17/h2-10H,1H3. The highest BCUT2D eigenvalue weighted by atomic mass is 16.1. The van der Waals surface area contributed by atoms with Crippen LogP contribution >= 0.6 is 0 Å². The van der Waals surface area contributed by atoms with Crippen molar-refractivity contribution >= 4 is 23.1 Å². The molecule has 3 heteroatoms. The summed E-state index contributed by atoms with van der Waals surface area (Å²) in [6.45, 7) is 0. The molecular formula is C14H12N2O. The molecule has 0 fully saturated rings. The molecule has 0 N–H and O–H groups in total. The molecule has 0 aliphatic carbocycles. The number of carbonyl (C=O) groups excluding carboxylic acids is 1. The molecule has 0 heterocycles. The van der Waals surface area contributed by atoms with Crippen LogP contribution < -0.4 is 4.90 Å². The predicted molar refractivity (Wildman–Crippen MR) is 68.7 cm³/mol. The number of hydrogen-bond donors (Lipinski definition) is 0. The lowest BCUT2D eigenvalue weighted by Crippen LogP contribution is -2.09. The number of benzene rings is 2. The lowest BCUT2D eigenvalue weighted by molar-refractivity contribution is 0.565. The van der Waals surface area contributed by atoms with Crippen LogP contribution in [0.15, 0.2) is 59.6 Å². The molecule has 0 unspecified atom stereocenters. The highest BCUT2D eigenvalue weighted by Crippen LogP contribution is 2.31. The second-order valence-corrected chi connectivity index (χ2v) is 3.59. The van der Waals surface area contributed by atoms with Gasteiger partial charge in [0.1, 0.15) is 0 Å². The van der Waals surface area contributed by atoms with Gasteiger partial charge in [0.05, 0.1) is 11.4 Å². The van der Waals surface area contributed by atoms with E-state index < -0.39 is 0 Å². The third kappa shape index (κ3) is 2.41. The summed E-state index contributed by atoms with van der Waals surface area (Å²) in [5.41, 5.74) is 2.54. The Balaban J connectivity index is 2.44. The van der Waals surface area contributed by atoms with Crippen LogP contribution in [0.25, 0.3) is 0 Å². The molecule has 0 saturated carbocycles. The van der Waals surface area contributed by atoms with E-state index in [4.69, 9.17) is 0 Å². The minimum atomic E-state index is 0.619. The van der Waals surface area contributed by atoms with E-state index >= 15 is 0 Å². The fourth-order valence-corrected chi connectivity index (χ4v) is 1.68. The molecule has 0 spiro atoms. The molecule has 0 aromatic heterocycles. The van der Waals surface area contributed by atoms with Gasteiger partial charge in [-0.15, -0.1) is 0 Å². The summed E-state index contributed by atoms with van der Waals surface area (Å²) in [6, 6.07) is 17.4. The van der Waals surface area contributed by atoms with E-state index in [1.807, 2.05) is 60.5 Å². The van der Waals surface area contributed by atoms with E-state index in [0.29, 0.717) is 5.69 Å². The van der Waals surface area contributed by atoms with Gasteiger partial charge in [0.15, 0.2) is 0 Å². The first-order valence-corrected chi connectivity index (χ1v) is 5.28. The molecule has 0 atom stereocenters. The quantitative estimate of drug-likeness (QED) is 0.591. The van der Waals surface area contributed by atoms with Crippen LogP contribution in [0.5, 0.6) is 0 Å². The largest absolute Gasteiger partial charge is 0.343 e. The van der Waals surface area contributed by atoms with Gasteiger partial charge in [0.25, 0.3) is 0 Å². The summed E-state index contributed by atoms with van der Waals surface area (Å²) in [4.78, 5) is 16.1. The Morgan fingerprint density at radius 3 is 2.35 bits per heavy atom. The van der Waals surface area contributed by atoms with Crippen molar-refractivity contribution < 1.29 is 4.79 Å². The first kappa shape index (κ1) is 11.1. The first-order chi connectivity index (χ1) is 8.33. The number of aliphatic imine (C=N–C) groups is 1. The first-order valence-electron chi connectivity index (χ1n) is 5.28. The Bertz CT molecular complexity index is 545. The predicted octanol–water partition coefficient (Wildman–Crippen LogP) is 3.42. The van der Waals surface area contributed by atoms with Crippen LogP contribution in [0.2, 0.25) is 0 Å². The molecule has 17 heavy (non-hydrogen) atoms. The molecule has 3 nitrogen and oxygen atoms in total. The van der Waals surface area contributed by atoms with Crippen molar-refractivity contribution in [1.29, 1.82) is 0 Å². The van der Waals surface area contributed by atoms with Gasteiger partial charge in [-0.05, 0) is 24.3 Å². The van der Waals surface area contributed by atoms with Crippen LogP contribution in [-0.2, 0) is 4.79 Å². The highest BCUT2D eigenvalue weighted by molar-refractivity contribution is 5.75. The van der Waals surface area contributed by atoms with E-state index in [-0.39, 0.29) is 0 Å². The number of isocyanates is 1. The second-order valence-electron chi connectivity index (χ2n) is 3.59. The van der Waals surface area contributed by atoms with Gasteiger partial charge in [-0.25, -0.2) is 4.79 Å². The van der Waals surface area contributed by atoms with Gasteiger partial charge < -0.3 is 4.90 Å². The molecule has 0 saturated heterocycles. The normalized spacial score (nSPS) is 9.47. The van der Waals surface area contributed by atoms with Crippen LogP contribution in [0, 0.1) is 0 Å². The van der Waals surface area contributed by atoms with E-state index in [1.54, 1.807) is 12.1 Å². The number of anilines is 2. The smallest absolute Gasteiger partial charge is 0.240 e. The summed E-state index contributed by atoms with van der Waals surface area (Å²) in [5.74, 6) is 0. The van der Waals surface area contributed by atoms with Crippen LogP contribution in [-0.4, -0.2) is 13.1 Å². The fourth-order valence-electron chi connectivity index (χ4n) is 1.68. The van der Waals surface area contributed by atoms with Gasteiger partial charge in [0, 0.05) is 12.7 Å². The molecule has 2 aromatic carbocycles. The molecule has 2 rings (SSSR count).